The summed E-state index contributed by atoms with van der Waals surface area (Å²) in [6.45, 7) is 0.0688. The van der Waals surface area contributed by atoms with Gasteiger partial charge in [-0.3, -0.25) is 4.79 Å². The van der Waals surface area contributed by atoms with E-state index in [2.05, 4.69) is 10.6 Å². The molecule has 1 aliphatic carbocycles. The molecule has 0 aromatic heterocycles. The Kier molecular flexibility index (Phi) is 4.43. The molecule has 2 fully saturated rings. The zero-order valence-electron chi connectivity index (χ0n) is 11.3. The van der Waals surface area contributed by atoms with Gasteiger partial charge in [0.15, 0.2) is 0 Å². The van der Waals surface area contributed by atoms with Gasteiger partial charge in [0.1, 0.15) is 6.04 Å². The Bertz CT molecular complexity index is 410. The second kappa shape index (κ2) is 6.08. The quantitative estimate of drug-likeness (QED) is 0.609. The number of carboxylic acid groups (broad SMARTS) is 1. The second-order valence-corrected chi connectivity index (χ2v) is 5.10. The number of rotatable bonds is 5. The number of nitrogens with zero attached hydrogens (tertiary/aromatic N) is 1. The van der Waals surface area contributed by atoms with Crippen molar-refractivity contribution < 1.29 is 24.2 Å². The maximum atomic E-state index is 11.9. The van der Waals surface area contributed by atoms with Gasteiger partial charge >= 0.3 is 12.0 Å². The fourth-order valence-corrected chi connectivity index (χ4v) is 2.19. The number of aliphatic carboxylic acids is 1. The molecule has 2 unspecified atom stereocenters. The van der Waals surface area contributed by atoms with Crippen molar-refractivity contribution in [3.63, 3.8) is 0 Å². The lowest BCUT2D eigenvalue weighted by atomic mass is 10.2. The first-order chi connectivity index (χ1) is 9.51. The summed E-state index contributed by atoms with van der Waals surface area (Å²) in [5.41, 5.74) is 0. The molecule has 2 aliphatic rings. The standard InChI is InChI=1S/C12H19N3O5/c1-20-8-4-9(11(17)18)15(6-8)12(19)13-5-10(16)14-7-2-3-7/h7-9H,2-6H2,1H3,(H,13,19)(H,14,16)(H,17,18). The van der Waals surface area contributed by atoms with E-state index in [4.69, 9.17) is 9.84 Å². The van der Waals surface area contributed by atoms with Gasteiger partial charge in [-0.2, -0.15) is 0 Å². The van der Waals surface area contributed by atoms with Crippen molar-refractivity contribution in [3.8, 4) is 0 Å². The van der Waals surface area contributed by atoms with Gasteiger partial charge in [0, 0.05) is 26.1 Å². The summed E-state index contributed by atoms with van der Waals surface area (Å²) in [5, 5.41) is 14.3. The summed E-state index contributed by atoms with van der Waals surface area (Å²) in [6.07, 6.45) is 1.92. The summed E-state index contributed by atoms with van der Waals surface area (Å²) in [6, 6.07) is -1.23. The molecule has 1 heterocycles. The number of methoxy groups -OCH3 is 1. The Morgan fingerprint density at radius 2 is 2.05 bits per heavy atom. The number of carbonyl (C=O) groups is 3. The maximum absolute atomic E-state index is 11.9. The largest absolute Gasteiger partial charge is 0.480 e. The van der Waals surface area contributed by atoms with Crippen LogP contribution in [0, 0.1) is 0 Å². The van der Waals surface area contributed by atoms with Gasteiger partial charge in [0.2, 0.25) is 5.91 Å². The molecule has 8 nitrogen and oxygen atoms in total. The van der Waals surface area contributed by atoms with Gasteiger partial charge in [-0.1, -0.05) is 0 Å². The van der Waals surface area contributed by atoms with Crippen LogP contribution in [0.4, 0.5) is 4.79 Å². The van der Waals surface area contributed by atoms with E-state index in [1.165, 1.54) is 12.0 Å². The van der Waals surface area contributed by atoms with Crippen LogP contribution in [-0.2, 0) is 14.3 Å². The number of hydrogen-bond acceptors (Lipinski definition) is 4. The van der Waals surface area contributed by atoms with Crippen LogP contribution in [0.3, 0.4) is 0 Å². The smallest absolute Gasteiger partial charge is 0.326 e. The number of hydrogen-bond donors (Lipinski definition) is 3. The van der Waals surface area contributed by atoms with E-state index in [1.54, 1.807) is 0 Å². The van der Waals surface area contributed by atoms with E-state index < -0.39 is 18.0 Å². The van der Waals surface area contributed by atoms with Gasteiger partial charge < -0.3 is 25.4 Å². The lowest BCUT2D eigenvalue weighted by Crippen LogP contribution is -2.48. The first-order valence-corrected chi connectivity index (χ1v) is 6.60. The third kappa shape index (κ3) is 3.60. The zero-order chi connectivity index (χ0) is 14.7. The molecule has 112 valence electrons. The van der Waals surface area contributed by atoms with E-state index in [0.717, 1.165) is 12.8 Å². The molecule has 1 saturated carbocycles. The molecule has 1 saturated heterocycles. The summed E-state index contributed by atoms with van der Waals surface area (Å²) >= 11 is 0. The zero-order valence-corrected chi connectivity index (χ0v) is 11.3. The summed E-state index contributed by atoms with van der Waals surface area (Å²) in [7, 11) is 1.48. The minimum atomic E-state index is -1.07. The molecule has 0 aromatic rings. The molecule has 3 amide bonds. The molecular formula is C12H19N3O5. The summed E-state index contributed by atoms with van der Waals surface area (Å²) in [5.74, 6) is -1.32. The van der Waals surface area contributed by atoms with Gasteiger partial charge in [0.25, 0.3) is 0 Å². The van der Waals surface area contributed by atoms with E-state index in [0.29, 0.717) is 0 Å². The molecule has 0 bridgehead atoms. The number of ether oxygens (including phenoxy) is 1. The van der Waals surface area contributed by atoms with Crippen LogP contribution < -0.4 is 10.6 Å². The van der Waals surface area contributed by atoms with E-state index in [9.17, 15) is 14.4 Å². The number of carbonyl (C=O) groups excluding carboxylic acids is 2. The van der Waals surface area contributed by atoms with Crippen LogP contribution in [0.1, 0.15) is 19.3 Å². The maximum Gasteiger partial charge on any atom is 0.326 e. The fourth-order valence-electron chi connectivity index (χ4n) is 2.19. The number of nitrogens with one attached hydrogen (secondary N) is 2. The number of amides is 3. The number of carboxylic acids is 1. The van der Waals surface area contributed by atoms with E-state index in [1.807, 2.05) is 0 Å². The third-order valence-corrected chi connectivity index (χ3v) is 3.48. The average Bonchev–Trinajstić information content (AvgIpc) is 3.10. The molecule has 2 atom stereocenters. The van der Waals surface area contributed by atoms with Crippen LogP contribution in [-0.4, -0.2) is 66.3 Å². The average molecular weight is 285 g/mol. The van der Waals surface area contributed by atoms with Crippen LogP contribution in [0.25, 0.3) is 0 Å². The monoisotopic (exact) mass is 285 g/mol. The van der Waals surface area contributed by atoms with E-state index >= 15 is 0 Å². The third-order valence-electron chi connectivity index (χ3n) is 3.48. The minimum Gasteiger partial charge on any atom is -0.480 e. The Morgan fingerprint density at radius 3 is 2.60 bits per heavy atom. The van der Waals surface area contributed by atoms with Crippen molar-refractivity contribution in [1.29, 1.82) is 0 Å². The summed E-state index contributed by atoms with van der Waals surface area (Å²) < 4.78 is 5.09. The van der Waals surface area contributed by atoms with Crippen molar-refractivity contribution in [2.45, 2.75) is 37.5 Å². The fraction of sp³-hybridized carbons (Fsp3) is 0.750. The molecule has 0 aromatic carbocycles. The highest BCUT2D eigenvalue weighted by Crippen LogP contribution is 2.20. The van der Waals surface area contributed by atoms with Gasteiger partial charge in [0.05, 0.1) is 12.6 Å². The van der Waals surface area contributed by atoms with Gasteiger partial charge in [-0.15, -0.1) is 0 Å². The highest BCUT2D eigenvalue weighted by molar-refractivity contribution is 5.87. The van der Waals surface area contributed by atoms with Crippen molar-refractivity contribution >= 4 is 17.9 Å². The Balaban J connectivity index is 1.83. The first-order valence-electron chi connectivity index (χ1n) is 6.60. The first kappa shape index (κ1) is 14.6. The highest BCUT2D eigenvalue weighted by Gasteiger charge is 2.39. The van der Waals surface area contributed by atoms with Gasteiger partial charge in [-0.05, 0) is 12.8 Å². The van der Waals surface area contributed by atoms with Crippen LogP contribution >= 0.6 is 0 Å². The predicted octanol–water partition coefficient (Wildman–Crippen LogP) is -0.851. The second-order valence-electron chi connectivity index (χ2n) is 5.10. The normalized spacial score (nSPS) is 25.4. The SMILES string of the molecule is COC1CC(C(=O)O)N(C(=O)NCC(=O)NC2CC2)C1. The molecule has 1 aliphatic heterocycles. The number of likely N-dealkylation sites (tertiary alicyclic amines) is 1. The molecule has 0 radical (unpaired) electrons. The molecule has 20 heavy (non-hydrogen) atoms. The molecule has 2 rings (SSSR count). The van der Waals surface area contributed by atoms with E-state index in [-0.39, 0.29) is 37.6 Å². The molecular weight excluding hydrogens is 266 g/mol. The lowest BCUT2D eigenvalue weighted by molar-refractivity contribution is -0.141. The summed E-state index contributed by atoms with van der Waals surface area (Å²) in [4.78, 5) is 35.7. The topological polar surface area (TPSA) is 108 Å². The van der Waals surface area contributed by atoms with Crippen LogP contribution in [0.5, 0.6) is 0 Å². The van der Waals surface area contributed by atoms with Crippen molar-refractivity contribution in [2.24, 2.45) is 0 Å². The minimum absolute atomic E-state index is 0.143. The number of urea groups is 1. The Hall–Kier alpha value is -1.83. The molecule has 3 N–H and O–H groups in total. The van der Waals surface area contributed by atoms with Crippen LogP contribution in [0.2, 0.25) is 0 Å². The van der Waals surface area contributed by atoms with Gasteiger partial charge in [-0.25, -0.2) is 9.59 Å². The van der Waals surface area contributed by atoms with Crippen LogP contribution in [0.15, 0.2) is 0 Å². The molecule has 0 spiro atoms. The van der Waals surface area contributed by atoms with Crippen molar-refractivity contribution in [3.05, 3.63) is 0 Å². The lowest BCUT2D eigenvalue weighted by Gasteiger charge is -2.21. The Labute approximate surface area is 116 Å². The highest BCUT2D eigenvalue weighted by atomic mass is 16.5. The molecule has 8 heteroatoms. The van der Waals surface area contributed by atoms with Crippen molar-refractivity contribution in [2.75, 3.05) is 20.2 Å². The predicted molar refractivity (Wildman–Crippen MR) is 68.1 cm³/mol. The Morgan fingerprint density at radius 1 is 1.35 bits per heavy atom. The van der Waals surface area contributed by atoms with Crippen molar-refractivity contribution in [1.82, 2.24) is 15.5 Å².